The number of hydrogen-bond donors (Lipinski definition) is 1. The highest BCUT2D eigenvalue weighted by Crippen LogP contribution is 2.32. The Labute approximate surface area is 190 Å². The first-order chi connectivity index (χ1) is 16.1. The second-order valence-electron chi connectivity index (χ2n) is 7.39. The third-order valence-corrected chi connectivity index (χ3v) is 4.93. The smallest absolute Gasteiger partial charge is 0.416 e. The monoisotopic (exact) mass is 474 g/mol. The van der Waals surface area contributed by atoms with E-state index in [9.17, 15) is 22.4 Å². The number of alkyl halides is 4. The highest BCUT2D eigenvalue weighted by atomic mass is 19.4. The summed E-state index contributed by atoms with van der Waals surface area (Å²) in [6.45, 7) is 3.00. The van der Waals surface area contributed by atoms with Crippen LogP contribution in [-0.2, 0) is 6.18 Å². The Hall–Kier alpha value is -4.09. The molecular formula is C22H18F4N6O2. The van der Waals surface area contributed by atoms with Gasteiger partial charge in [0.2, 0.25) is 5.95 Å². The maximum Gasteiger partial charge on any atom is 0.425 e. The highest BCUT2D eigenvalue weighted by molar-refractivity contribution is 5.62. The third-order valence-electron chi connectivity index (χ3n) is 4.93. The molecule has 34 heavy (non-hydrogen) atoms. The van der Waals surface area contributed by atoms with Crippen molar-refractivity contribution in [3.05, 3.63) is 82.8 Å². The molecule has 0 radical (unpaired) electrons. The van der Waals surface area contributed by atoms with E-state index in [-0.39, 0.29) is 17.5 Å². The van der Waals surface area contributed by atoms with Crippen LogP contribution in [-0.4, -0.2) is 24.5 Å². The van der Waals surface area contributed by atoms with Crippen LogP contribution in [0.5, 0.6) is 0 Å². The quantitative estimate of drug-likeness (QED) is 0.397. The van der Waals surface area contributed by atoms with Gasteiger partial charge in [0.05, 0.1) is 11.6 Å². The van der Waals surface area contributed by atoms with E-state index in [0.29, 0.717) is 17.0 Å². The van der Waals surface area contributed by atoms with E-state index < -0.39 is 29.7 Å². The zero-order valence-corrected chi connectivity index (χ0v) is 17.9. The largest absolute Gasteiger partial charge is 0.425 e. The molecule has 0 aliphatic rings. The molecule has 0 bridgehead atoms. The summed E-state index contributed by atoms with van der Waals surface area (Å²) < 4.78 is 58.5. The van der Waals surface area contributed by atoms with Crippen molar-refractivity contribution in [1.82, 2.24) is 24.5 Å². The Kier molecular flexibility index (Phi) is 6.14. The first-order valence-electron chi connectivity index (χ1n) is 10.1. The predicted molar refractivity (Wildman–Crippen MR) is 114 cm³/mol. The summed E-state index contributed by atoms with van der Waals surface area (Å²) in [5.74, 6) is -0.209. The van der Waals surface area contributed by atoms with E-state index in [4.69, 9.17) is 4.42 Å². The molecule has 0 amide bonds. The molecule has 8 nitrogen and oxygen atoms in total. The Morgan fingerprint density at radius 3 is 2.47 bits per heavy atom. The van der Waals surface area contributed by atoms with Crippen LogP contribution in [0.1, 0.15) is 43.1 Å². The Balaban J connectivity index is 1.53. The standard InChI is InChI=1S/C22H18F4N6O2/c1-12(23)17-11-34-21(33)32(17)18-6-7-27-20(31-18)30-13(2)19-28-9-15(10-29-19)14-4-3-5-16(8-14)22(24,25)26/h3-13H,1-2H3,(H,27,30,31)/t12-,13-/m0/s1. The summed E-state index contributed by atoms with van der Waals surface area (Å²) in [4.78, 5) is 28.8. The van der Waals surface area contributed by atoms with Crippen molar-refractivity contribution < 1.29 is 22.0 Å². The lowest BCUT2D eigenvalue weighted by atomic mass is 10.1. The summed E-state index contributed by atoms with van der Waals surface area (Å²) in [5.41, 5.74) is 0.00775. The lowest BCUT2D eigenvalue weighted by Gasteiger charge is -2.14. The molecule has 0 saturated carbocycles. The van der Waals surface area contributed by atoms with Crippen LogP contribution in [0.25, 0.3) is 16.9 Å². The van der Waals surface area contributed by atoms with Crippen molar-refractivity contribution in [3.63, 3.8) is 0 Å². The fourth-order valence-electron chi connectivity index (χ4n) is 3.21. The molecule has 1 N–H and O–H groups in total. The number of nitrogens with one attached hydrogen (secondary N) is 1. The van der Waals surface area contributed by atoms with Gasteiger partial charge in [0.15, 0.2) is 0 Å². The molecule has 4 rings (SSSR count). The molecule has 176 valence electrons. The maximum atomic E-state index is 13.8. The molecule has 0 spiro atoms. The van der Waals surface area contributed by atoms with E-state index in [0.717, 1.165) is 23.0 Å². The van der Waals surface area contributed by atoms with E-state index in [2.05, 4.69) is 25.3 Å². The van der Waals surface area contributed by atoms with Gasteiger partial charge in [0.1, 0.15) is 29.8 Å². The first kappa shape index (κ1) is 23.1. The normalized spacial score (nSPS) is 13.5. The van der Waals surface area contributed by atoms with Gasteiger partial charge in [-0.3, -0.25) is 0 Å². The summed E-state index contributed by atoms with van der Waals surface area (Å²) in [6, 6.07) is 5.82. The number of benzene rings is 1. The number of oxazole rings is 1. The second-order valence-corrected chi connectivity index (χ2v) is 7.39. The first-order valence-corrected chi connectivity index (χ1v) is 10.1. The molecule has 0 aliphatic heterocycles. The minimum Gasteiger partial charge on any atom is -0.416 e. The Morgan fingerprint density at radius 2 is 1.79 bits per heavy atom. The average Bonchev–Trinajstić information content (AvgIpc) is 3.20. The van der Waals surface area contributed by atoms with E-state index in [1.54, 1.807) is 13.0 Å². The lowest BCUT2D eigenvalue weighted by Crippen LogP contribution is -2.18. The van der Waals surface area contributed by atoms with Crippen LogP contribution in [0.3, 0.4) is 0 Å². The van der Waals surface area contributed by atoms with Gasteiger partial charge in [0, 0.05) is 30.2 Å². The van der Waals surface area contributed by atoms with Gasteiger partial charge >= 0.3 is 11.9 Å². The Morgan fingerprint density at radius 1 is 1.06 bits per heavy atom. The van der Waals surface area contributed by atoms with Gasteiger partial charge in [-0.15, -0.1) is 0 Å². The number of halogens is 4. The zero-order valence-electron chi connectivity index (χ0n) is 17.9. The second kappa shape index (κ2) is 9.04. The minimum absolute atomic E-state index is 0.0104. The molecule has 0 saturated heterocycles. The van der Waals surface area contributed by atoms with E-state index >= 15 is 0 Å². The van der Waals surface area contributed by atoms with Crippen molar-refractivity contribution in [3.8, 4) is 16.9 Å². The number of aromatic nitrogens is 5. The molecule has 3 aromatic heterocycles. The van der Waals surface area contributed by atoms with Gasteiger partial charge in [-0.2, -0.15) is 18.2 Å². The number of anilines is 1. The van der Waals surface area contributed by atoms with Crippen LogP contribution >= 0.6 is 0 Å². The SMILES string of the molecule is C[C@H](F)c1coc(=O)n1-c1ccnc(N[C@@H](C)c2ncc(-c3cccc(C(F)(F)F)c3)cn2)n1. The fraction of sp³-hybridized carbons (Fsp3) is 0.227. The van der Waals surface area contributed by atoms with Crippen LogP contribution in [0.15, 0.2) is 64.4 Å². The lowest BCUT2D eigenvalue weighted by molar-refractivity contribution is -0.137. The van der Waals surface area contributed by atoms with Gasteiger partial charge in [-0.25, -0.2) is 28.7 Å². The molecule has 12 heteroatoms. The van der Waals surface area contributed by atoms with Crippen LogP contribution in [0.4, 0.5) is 23.5 Å². The summed E-state index contributed by atoms with van der Waals surface area (Å²) in [6.07, 6.45) is -0.638. The predicted octanol–water partition coefficient (Wildman–Crippen LogP) is 4.90. The highest BCUT2D eigenvalue weighted by Gasteiger charge is 2.30. The topological polar surface area (TPSA) is 98.7 Å². The molecule has 0 fully saturated rings. The molecule has 0 aliphatic carbocycles. The van der Waals surface area contributed by atoms with Crippen molar-refractivity contribution in [2.75, 3.05) is 5.32 Å². The number of rotatable bonds is 6. The van der Waals surface area contributed by atoms with E-state index in [1.165, 1.54) is 37.6 Å². The number of hydrogen-bond acceptors (Lipinski definition) is 7. The van der Waals surface area contributed by atoms with Gasteiger partial charge in [-0.05, 0) is 31.5 Å². The van der Waals surface area contributed by atoms with Crippen molar-refractivity contribution >= 4 is 5.95 Å². The van der Waals surface area contributed by atoms with Crippen LogP contribution in [0, 0.1) is 0 Å². The van der Waals surface area contributed by atoms with Crippen LogP contribution in [0.2, 0.25) is 0 Å². The maximum absolute atomic E-state index is 13.8. The van der Waals surface area contributed by atoms with Crippen molar-refractivity contribution in [2.45, 2.75) is 32.2 Å². The fourth-order valence-corrected chi connectivity index (χ4v) is 3.21. The van der Waals surface area contributed by atoms with Gasteiger partial charge in [-0.1, -0.05) is 12.1 Å². The van der Waals surface area contributed by atoms with Crippen molar-refractivity contribution in [2.24, 2.45) is 0 Å². The minimum atomic E-state index is -4.45. The van der Waals surface area contributed by atoms with E-state index in [1.807, 2.05) is 0 Å². The molecular weight excluding hydrogens is 456 g/mol. The average molecular weight is 474 g/mol. The molecule has 4 aromatic rings. The molecule has 3 heterocycles. The molecule has 1 aromatic carbocycles. The molecule has 0 unspecified atom stereocenters. The van der Waals surface area contributed by atoms with Gasteiger partial charge < -0.3 is 9.73 Å². The Bertz CT molecular complexity index is 1350. The summed E-state index contributed by atoms with van der Waals surface area (Å²) >= 11 is 0. The van der Waals surface area contributed by atoms with Crippen LogP contribution < -0.4 is 11.1 Å². The summed E-state index contributed by atoms with van der Waals surface area (Å²) in [7, 11) is 0. The zero-order chi connectivity index (χ0) is 24.5. The van der Waals surface area contributed by atoms with Gasteiger partial charge in [0.25, 0.3) is 0 Å². The summed E-state index contributed by atoms with van der Waals surface area (Å²) in [5, 5.41) is 2.98. The molecule has 2 atom stereocenters. The van der Waals surface area contributed by atoms with Crippen molar-refractivity contribution in [1.29, 1.82) is 0 Å². The number of nitrogens with zero attached hydrogens (tertiary/aromatic N) is 5. The third kappa shape index (κ3) is 4.80.